The van der Waals surface area contributed by atoms with Crippen LogP contribution in [0.1, 0.15) is 28.7 Å². The Balaban J connectivity index is 1.74. The molecule has 0 radical (unpaired) electrons. The number of carbonyl (C=O) groups is 2. The summed E-state index contributed by atoms with van der Waals surface area (Å²) in [5.74, 6) is -0.869. The Labute approximate surface area is 203 Å². The highest BCUT2D eigenvalue weighted by Crippen LogP contribution is 2.56. The van der Waals surface area contributed by atoms with Gasteiger partial charge in [-0.2, -0.15) is 0 Å². The number of carbonyl (C=O) groups excluding carboxylic acids is 2. The molecule has 0 unspecified atom stereocenters. The molecule has 1 fully saturated rings. The summed E-state index contributed by atoms with van der Waals surface area (Å²) in [7, 11) is 2.88. The number of rotatable bonds is 5. The summed E-state index contributed by atoms with van der Waals surface area (Å²) in [5.41, 5.74) is 2.17. The number of methoxy groups -OCH3 is 2. The molecule has 3 aliphatic rings. The molecule has 10 heteroatoms. The van der Waals surface area contributed by atoms with E-state index in [-0.39, 0.29) is 47.0 Å². The summed E-state index contributed by atoms with van der Waals surface area (Å²) in [4.78, 5) is 25.3. The number of aromatic hydroxyl groups is 1. The highest BCUT2D eigenvalue weighted by Gasteiger charge is 2.54. The molecule has 4 atom stereocenters. The number of fused-ring (bicyclic) bond motifs is 3. The second-order valence-corrected chi connectivity index (χ2v) is 8.71. The molecule has 174 valence electrons. The molecule has 1 N–H and O–H groups in total. The summed E-state index contributed by atoms with van der Waals surface area (Å²) in [6.07, 6.45) is -0.676. The minimum Gasteiger partial charge on any atom is -0.502 e. The molecule has 2 aromatic rings. The number of alkyl halides is 1. The Morgan fingerprint density at radius 1 is 1.06 bits per heavy atom. The average molecular weight is 568 g/mol. The molecule has 1 aliphatic carbocycles. The largest absolute Gasteiger partial charge is 0.502 e. The fraction of sp³-hybridized carbons (Fsp3) is 0.391. The van der Waals surface area contributed by atoms with Crippen molar-refractivity contribution in [1.82, 2.24) is 0 Å². The van der Waals surface area contributed by atoms with E-state index in [9.17, 15) is 14.7 Å². The third-order valence-corrected chi connectivity index (χ3v) is 6.97. The van der Waals surface area contributed by atoms with Crippen LogP contribution in [0.3, 0.4) is 0 Å². The number of phenols is 1. The van der Waals surface area contributed by atoms with Gasteiger partial charge in [-0.25, -0.2) is 0 Å². The summed E-state index contributed by atoms with van der Waals surface area (Å²) >= 11 is 1.95. The molecule has 0 aromatic heterocycles. The van der Waals surface area contributed by atoms with Gasteiger partial charge in [0, 0.05) is 17.4 Å². The van der Waals surface area contributed by atoms with Gasteiger partial charge in [-0.3, -0.25) is 9.59 Å². The minimum absolute atomic E-state index is 0.0802. The summed E-state index contributed by atoms with van der Waals surface area (Å²) in [6.45, 7) is 0.205. The standard InChI is InChI=1S/C23H21IO9/c1-28-16-3-10(4-17(29-2)21(16)26)19-11-5-14-15(32-9-31-14)6-12(11)22(33-18(25)7-24)13-8-30-23(27)20(13)19/h3-6,13,19-20,22,26H,7-9H2,1-2H3/t13-,19+,20-,22+/m0/s1. The lowest BCUT2D eigenvalue weighted by atomic mass is 9.66. The van der Waals surface area contributed by atoms with Gasteiger partial charge >= 0.3 is 11.9 Å². The van der Waals surface area contributed by atoms with Gasteiger partial charge in [0.25, 0.3) is 0 Å². The summed E-state index contributed by atoms with van der Waals surface area (Å²) < 4.78 is 33.3. The lowest BCUT2D eigenvalue weighted by Crippen LogP contribution is -2.36. The van der Waals surface area contributed by atoms with Crippen LogP contribution < -0.4 is 18.9 Å². The van der Waals surface area contributed by atoms with Crippen LogP contribution in [0.2, 0.25) is 0 Å². The van der Waals surface area contributed by atoms with Crippen LogP contribution in [0.25, 0.3) is 0 Å². The molecule has 2 aromatic carbocycles. The number of phenolic OH excluding ortho intramolecular Hbond substituents is 1. The normalized spacial score (nSPS) is 24.5. The maximum absolute atomic E-state index is 13.0. The first-order chi connectivity index (χ1) is 16.0. The predicted molar refractivity (Wildman–Crippen MR) is 121 cm³/mol. The van der Waals surface area contributed by atoms with Crippen molar-refractivity contribution >= 4 is 34.5 Å². The van der Waals surface area contributed by atoms with Gasteiger partial charge in [0.2, 0.25) is 12.5 Å². The first-order valence-electron chi connectivity index (χ1n) is 10.3. The van der Waals surface area contributed by atoms with Gasteiger partial charge in [-0.1, -0.05) is 22.6 Å². The van der Waals surface area contributed by atoms with Crippen LogP contribution in [-0.4, -0.2) is 49.1 Å². The van der Waals surface area contributed by atoms with Gasteiger partial charge in [-0.05, 0) is 35.4 Å². The first-order valence-corrected chi connectivity index (χ1v) is 11.8. The highest BCUT2D eigenvalue weighted by molar-refractivity contribution is 14.1. The van der Waals surface area contributed by atoms with Crippen molar-refractivity contribution < 1.29 is 43.1 Å². The number of hydrogen-bond donors (Lipinski definition) is 1. The number of esters is 2. The zero-order chi connectivity index (χ0) is 23.3. The molecule has 33 heavy (non-hydrogen) atoms. The zero-order valence-electron chi connectivity index (χ0n) is 17.8. The molecule has 2 aliphatic heterocycles. The van der Waals surface area contributed by atoms with Crippen LogP contribution in [0.5, 0.6) is 28.7 Å². The van der Waals surface area contributed by atoms with Gasteiger partial charge in [0.1, 0.15) is 6.10 Å². The lowest BCUT2D eigenvalue weighted by molar-refractivity contribution is -0.151. The van der Waals surface area contributed by atoms with E-state index in [1.807, 2.05) is 34.7 Å². The monoisotopic (exact) mass is 568 g/mol. The van der Waals surface area contributed by atoms with E-state index < -0.39 is 23.9 Å². The van der Waals surface area contributed by atoms with Crippen molar-refractivity contribution in [2.24, 2.45) is 11.8 Å². The van der Waals surface area contributed by atoms with E-state index in [0.717, 1.165) is 11.1 Å². The molecule has 0 bridgehead atoms. The molecule has 0 amide bonds. The molecular formula is C23H21IO9. The van der Waals surface area contributed by atoms with E-state index in [1.165, 1.54) is 14.2 Å². The predicted octanol–water partition coefficient (Wildman–Crippen LogP) is 3.09. The van der Waals surface area contributed by atoms with Crippen LogP contribution in [0.4, 0.5) is 0 Å². The van der Waals surface area contributed by atoms with Crippen molar-refractivity contribution in [3.8, 4) is 28.7 Å². The molecule has 0 saturated carbocycles. The van der Waals surface area contributed by atoms with Crippen molar-refractivity contribution in [3.63, 3.8) is 0 Å². The van der Waals surface area contributed by atoms with Gasteiger partial charge < -0.3 is 33.5 Å². The second-order valence-electron chi connectivity index (χ2n) is 7.95. The molecule has 9 nitrogen and oxygen atoms in total. The van der Waals surface area contributed by atoms with E-state index in [4.69, 9.17) is 28.4 Å². The third kappa shape index (κ3) is 3.51. The van der Waals surface area contributed by atoms with Crippen LogP contribution in [0.15, 0.2) is 24.3 Å². The average Bonchev–Trinajstić information content (AvgIpc) is 3.44. The third-order valence-electron chi connectivity index (χ3n) is 6.35. The van der Waals surface area contributed by atoms with E-state index in [0.29, 0.717) is 17.1 Å². The van der Waals surface area contributed by atoms with Gasteiger partial charge in [0.05, 0.1) is 31.2 Å². The SMILES string of the molecule is COc1cc([C@@H]2c3cc4c(cc3[C@@H](OC(=O)CI)[C@H]3COC(=O)[C@H]23)OCO4)cc(OC)c1O. The quantitative estimate of drug-likeness (QED) is 0.331. The summed E-state index contributed by atoms with van der Waals surface area (Å²) in [6, 6.07) is 6.98. The fourth-order valence-electron chi connectivity index (χ4n) is 4.93. The van der Waals surface area contributed by atoms with Crippen LogP contribution >= 0.6 is 22.6 Å². The minimum atomic E-state index is -0.676. The van der Waals surface area contributed by atoms with Crippen molar-refractivity contribution in [1.29, 1.82) is 0 Å². The van der Waals surface area contributed by atoms with E-state index >= 15 is 0 Å². The van der Waals surface area contributed by atoms with Crippen molar-refractivity contribution in [2.45, 2.75) is 12.0 Å². The molecule has 2 heterocycles. The van der Waals surface area contributed by atoms with Crippen LogP contribution in [0, 0.1) is 11.8 Å². The molecular weight excluding hydrogens is 547 g/mol. The number of cyclic esters (lactones) is 1. The number of halogens is 1. The zero-order valence-corrected chi connectivity index (χ0v) is 20.0. The second kappa shape index (κ2) is 8.47. The Morgan fingerprint density at radius 3 is 2.30 bits per heavy atom. The topological polar surface area (TPSA) is 110 Å². The van der Waals surface area contributed by atoms with Gasteiger partial charge in [-0.15, -0.1) is 0 Å². The van der Waals surface area contributed by atoms with E-state index in [2.05, 4.69) is 0 Å². The Morgan fingerprint density at radius 2 is 1.70 bits per heavy atom. The molecule has 1 saturated heterocycles. The molecule has 0 spiro atoms. The summed E-state index contributed by atoms with van der Waals surface area (Å²) in [5, 5.41) is 10.4. The van der Waals surface area contributed by atoms with Crippen molar-refractivity contribution in [2.75, 3.05) is 32.0 Å². The Bertz CT molecular complexity index is 1110. The van der Waals surface area contributed by atoms with Crippen LogP contribution in [-0.2, 0) is 19.1 Å². The van der Waals surface area contributed by atoms with Gasteiger partial charge in [0.15, 0.2) is 23.0 Å². The molecule has 5 rings (SSSR count). The Kier molecular flexibility index (Phi) is 5.63. The number of hydrogen-bond acceptors (Lipinski definition) is 9. The number of benzene rings is 2. The number of ether oxygens (including phenoxy) is 6. The Hall–Kier alpha value is -2.89. The maximum atomic E-state index is 13.0. The maximum Gasteiger partial charge on any atom is 0.316 e. The first kappa shape index (κ1) is 21.9. The van der Waals surface area contributed by atoms with Crippen molar-refractivity contribution in [3.05, 3.63) is 41.0 Å². The van der Waals surface area contributed by atoms with E-state index in [1.54, 1.807) is 12.1 Å². The smallest absolute Gasteiger partial charge is 0.316 e. The fourth-order valence-corrected chi connectivity index (χ4v) is 5.11. The lowest BCUT2D eigenvalue weighted by Gasteiger charge is -2.38. The highest BCUT2D eigenvalue weighted by atomic mass is 127.